The minimum atomic E-state index is -0.642. The van der Waals surface area contributed by atoms with Crippen molar-refractivity contribution >= 4 is 44.1 Å². The van der Waals surface area contributed by atoms with Crippen molar-refractivity contribution < 1.29 is 19.1 Å². The second-order valence-corrected chi connectivity index (χ2v) is 7.61. The number of phenolic OH excluding ortho intramolecular Hbond substituents is 1. The molecule has 1 atom stereocenters. The molecule has 0 fully saturated rings. The smallest absolute Gasteiger partial charge is 0.220 e. The first-order chi connectivity index (χ1) is 12.4. The van der Waals surface area contributed by atoms with Gasteiger partial charge in [0.1, 0.15) is 17.9 Å². The summed E-state index contributed by atoms with van der Waals surface area (Å²) in [6.07, 6.45) is 2.58. The molecule has 1 amide bonds. The van der Waals surface area contributed by atoms with Crippen molar-refractivity contribution in [1.29, 1.82) is 0 Å². The van der Waals surface area contributed by atoms with Gasteiger partial charge in [-0.2, -0.15) is 0 Å². The van der Waals surface area contributed by atoms with Crippen LogP contribution >= 0.6 is 31.9 Å². The van der Waals surface area contributed by atoms with Gasteiger partial charge in [-0.25, -0.2) is 4.39 Å². The van der Waals surface area contributed by atoms with E-state index < -0.39 is 6.04 Å². The minimum Gasteiger partial charge on any atom is -0.506 e. The summed E-state index contributed by atoms with van der Waals surface area (Å²) >= 11 is 6.48. The first kappa shape index (κ1) is 20.6. The molecule has 0 aliphatic carbocycles. The van der Waals surface area contributed by atoms with Gasteiger partial charge in [-0.1, -0.05) is 12.1 Å². The van der Waals surface area contributed by atoms with Crippen LogP contribution in [-0.4, -0.2) is 23.3 Å². The largest absolute Gasteiger partial charge is 0.506 e. The molecule has 0 aromatic heterocycles. The van der Waals surface area contributed by atoms with Crippen molar-refractivity contribution in [2.45, 2.75) is 31.7 Å². The molecule has 2 aromatic rings. The molecule has 0 heterocycles. The Morgan fingerprint density at radius 2 is 1.77 bits per heavy atom. The monoisotopic (exact) mass is 485 g/mol. The fraction of sp³-hybridized carbons (Fsp3) is 0.263. The molecule has 2 rings (SSSR count). The predicted molar refractivity (Wildman–Crippen MR) is 105 cm³/mol. The number of hydrogen-bond donors (Lipinski definition) is 2. The number of rotatable bonds is 8. The summed E-state index contributed by atoms with van der Waals surface area (Å²) in [6.45, 7) is 0. The van der Waals surface area contributed by atoms with Crippen molar-refractivity contribution in [3.63, 3.8) is 0 Å². The average molecular weight is 487 g/mol. The molecule has 0 aliphatic heterocycles. The molecule has 0 saturated carbocycles. The third kappa shape index (κ3) is 6.21. The van der Waals surface area contributed by atoms with E-state index in [0.29, 0.717) is 34.5 Å². The summed E-state index contributed by atoms with van der Waals surface area (Å²) in [5.41, 5.74) is 1.76. The van der Waals surface area contributed by atoms with Crippen molar-refractivity contribution in [1.82, 2.24) is 5.32 Å². The molecule has 7 heteroatoms. The standard InChI is InChI=1S/C19H18Br2FNO3/c20-16-9-13(10-17(21)19(16)26)8-15(11-24)23-18(25)3-1-2-12-4-6-14(22)7-5-12/h4-7,9-11,15,26H,1-3,8H2,(H,23,25)/t15-/m1/s1. The summed E-state index contributed by atoms with van der Waals surface area (Å²) < 4.78 is 13.9. The van der Waals surface area contributed by atoms with Crippen molar-refractivity contribution in [2.24, 2.45) is 0 Å². The molecule has 0 aliphatic rings. The number of aryl methyl sites for hydroxylation is 1. The Balaban J connectivity index is 1.84. The van der Waals surface area contributed by atoms with E-state index in [2.05, 4.69) is 37.2 Å². The number of halogens is 3. The summed E-state index contributed by atoms with van der Waals surface area (Å²) in [7, 11) is 0. The zero-order valence-corrected chi connectivity index (χ0v) is 17.0. The third-order valence-electron chi connectivity index (χ3n) is 3.83. The number of nitrogens with one attached hydrogen (secondary N) is 1. The Morgan fingerprint density at radius 3 is 2.35 bits per heavy atom. The molecule has 4 nitrogen and oxygen atoms in total. The molecule has 138 valence electrons. The van der Waals surface area contributed by atoms with Gasteiger partial charge in [-0.05, 0) is 86.5 Å². The Hall–Kier alpha value is -1.73. The highest BCUT2D eigenvalue weighted by molar-refractivity contribution is 9.11. The normalized spacial score (nSPS) is 11.8. The molecular weight excluding hydrogens is 469 g/mol. The Bertz CT molecular complexity index is 758. The fourth-order valence-electron chi connectivity index (χ4n) is 2.51. The van der Waals surface area contributed by atoms with Gasteiger partial charge in [0.2, 0.25) is 5.91 Å². The van der Waals surface area contributed by atoms with E-state index in [4.69, 9.17) is 0 Å². The van der Waals surface area contributed by atoms with Crippen molar-refractivity contribution in [3.05, 3.63) is 62.3 Å². The Labute approximate surface area is 168 Å². The lowest BCUT2D eigenvalue weighted by Gasteiger charge is -2.14. The fourth-order valence-corrected chi connectivity index (χ4v) is 3.79. The third-order valence-corrected chi connectivity index (χ3v) is 5.03. The van der Waals surface area contributed by atoms with Crippen LogP contribution in [0.4, 0.5) is 4.39 Å². The van der Waals surface area contributed by atoms with Gasteiger partial charge in [0, 0.05) is 6.42 Å². The summed E-state index contributed by atoms with van der Waals surface area (Å²) in [5.74, 6) is -0.407. The Kier molecular flexibility index (Phi) is 7.78. The minimum absolute atomic E-state index is 0.0845. The summed E-state index contributed by atoms with van der Waals surface area (Å²) in [4.78, 5) is 23.3. The van der Waals surface area contributed by atoms with Gasteiger partial charge in [-0.15, -0.1) is 0 Å². The lowest BCUT2D eigenvalue weighted by Crippen LogP contribution is -2.37. The zero-order valence-electron chi connectivity index (χ0n) is 13.8. The number of carbonyl (C=O) groups excluding carboxylic acids is 2. The van der Waals surface area contributed by atoms with E-state index in [0.717, 1.165) is 11.1 Å². The van der Waals surface area contributed by atoms with E-state index in [-0.39, 0.29) is 23.9 Å². The van der Waals surface area contributed by atoms with Crippen LogP contribution < -0.4 is 5.32 Å². The van der Waals surface area contributed by atoms with E-state index >= 15 is 0 Å². The van der Waals surface area contributed by atoms with Gasteiger partial charge in [0.05, 0.1) is 15.0 Å². The highest BCUT2D eigenvalue weighted by Gasteiger charge is 2.14. The maximum Gasteiger partial charge on any atom is 0.220 e. The maximum absolute atomic E-state index is 12.9. The molecular formula is C19H18Br2FNO3. The predicted octanol–water partition coefficient (Wildman–Crippen LogP) is 4.31. The van der Waals surface area contributed by atoms with Crippen LogP contribution in [0.2, 0.25) is 0 Å². The van der Waals surface area contributed by atoms with Crippen LogP contribution in [0.25, 0.3) is 0 Å². The van der Waals surface area contributed by atoms with E-state index in [1.165, 1.54) is 12.1 Å². The zero-order chi connectivity index (χ0) is 19.1. The topological polar surface area (TPSA) is 66.4 Å². The van der Waals surface area contributed by atoms with Gasteiger partial charge in [0.25, 0.3) is 0 Å². The number of amides is 1. The molecule has 0 bridgehead atoms. The van der Waals surface area contributed by atoms with Crippen LogP contribution in [0.1, 0.15) is 24.0 Å². The molecule has 0 spiro atoms. The number of aldehydes is 1. The van der Waals surface area contributed by atoms with Gasteiger partial charge < -0.3 is 15.2 Å². The number of aromatic hydroxyl groups is 1. The van der Waals surface area contributed by atoms with E-state index in [9.17, 15) is 19.1 Å². The number of hydrogen-bond acceptors (Lipinski definition) is 3. The van der Waals surface area contributed by atoms with Gasteiger partial charge in [0.15, 0.2) is 0 Å². The lowest BCUT2D eigenvalue weighted by molar-refractivity contribution is -0.124. The highest BCUT2D eigenvalue weighted by Crippen LogP contribution is 2.33. The maximum atomic E-state index is 12.9. The van der Waals surface area contributed by atoms with E-state index in [1.54, 1.807) is 24.3 Å². The van der Waals surface area contributed by atoms with Gasteiger partial charge in [-0.3, -0.25) is 4.79 Å². The second kappa shape index (κ2) is 9.83. The van der Waals surface area contributed by atoms with Crippen LogP contribution in [-0.2, 0) is 22.4 Å². The molecule has 2 N–H and O–H groups in total. The lowest BCUT2D eigenvalue weighted by atomic mass is 10.1. The first-order valence-corrected chi connectivity index (χ1v) is 9.63. The molecule has 0 unspecified atom stereocenters. The van der Waals surface area contributed by atoms with Gasteiger partial charge >= 0.3 is 0 Å². The number of phenols is 1. The van der Waals surface area contributed by atoms with Crippen molar-refractivity contribution in [3.8, 4) is 5.75 Å². The quantitative estimate of drug-likeness (QED) is 0.546. The van der Waals surface area contributed by atoms with Crippen LogP contribution in [0, 0.1) is 5.82 Å². The second-order valence-electron chi connectivity index (χ2n) is 5.90. The summed E-state index contributed by atoms with van der Waals surface area (Å²) in [5, 5.41) is 12.4. The van der Waals surface area contributed by atoms with Crippen LogP contribution in [0.15, 0.2) is 45.3 Å². The van der Waals surface area contributed by atoms with E-state index in [1.807, 2.05) is 0 Å². The molecule has 2 aromatic carbocycles. The molecule has 0 saturated heterocycles. The molecule has 0 radical (unpaired) electrons. The Morgan fingerprint density at radius 1 is 1.15 bits per heavy atom. The highest BCUT2D eigenvalue weighted by atomic mass is 79.9. The SMILES string of the molecule is O=C[C@@H](Cc1cc(Br)c(O)c(Br)c1)NC(=O)CCCc1ccc(F)cc1. The summed E-state index contributed by atoms with van der Waals surface area (Å²) in [6, 6.07) is 8.95. The van der Waals surface area contributed by atoms with Crippen LogP contribution in [0.3, 0.4) is 0 Å². The number of benzene rings is 2. The molecule has 26 heavy (non-hydrogen) atoms. The average Bonchev–Trinajstić information content (AvgIpc) is 2.60. The van der Waals surface area contributed by atoms with Crippen molar-refractivity contribution in [2.75, 3.05) is 0 Å². The number of carbonyl (C=O) groups is 2. The first-order valence-electron chi connectivity index (χ1n) is 8.05. The van der Waals surface area contributed by atoms with Crippen LogP contribution in [0.5, 0.6) is 5.75 Å².